The zero-order valence-corrected chi connectivity index (χ0v) is 9.90. The zero-order chi connectivity index (χ0) is 11.8. The van der Waals surface area contributed by atoms with E-state index in [2.05, 4.69) is 18.3 Å². The van der Waals surface area contributed by atoms with Crippen LogP contribution in [0.4, 0.5) is 0 Å². The van der Waals surface area contributed by atoms with E-state index in [0.29, 0.717) is 5.58 Å². The van der Waals surface area contributed by atoms with Crippen LogP contribution < -0.4 is 11.1 Å². The van der Waals surface area contributed by atoms with Crippen LogP contribution in [0.3, 0.4) is 0 Å². The average molecular weight is 232 g/mol. The molecule has 0 aliphatic carbocycles. The number of hydrogen-bond donors (Lipinski definition) is 1. The molecular formula is C13H16N2O2. The van der Waals surface area contributed by atoms with E-state index >= 15 is 0 Å². The molecule has 0 radical (unpaired) electrons. The second-order valence-corrected chi connectivity index (χ2v) is 4.54. The van der Waals surface area contributed by atoms with Gasteiger partial charge in [0.05, 0.1) is 11.6 Å². The molecule has 2 heterocycles. The molecule has 1 saturated heterocycles. The second-order valence-electron chi connectivity index (χ2n) is 4.54. The highest BCUT2D eigenvalue weighted by molar-refractivity contribution is 5.74. The van der Waals surface area contributed by atoms with Gasteiger partial charge in [0.25, 0.3) is 0 Å². The van der Waals surface area contributed by atoms with Crippen molar-refractivity contribution in [1.29, 1.82) is 0 Å². The van der Waals surface area contributed by atoms with Crippen molar-refractivity contribution in [3.05, 3.63) is 34.3 Å². The molecule has 17 heavy (non-hydrogen) atoms. The smallest absolute Gasteiger partial charge is 0.408 e. The highest BCUT2D eigenvalue weighted by Crippen LogP contribution is 2.22. The summed E-state index contributed by atoms with van der Waals surface area (Å²) < 4.78 is 7.09. The molecule has 1 aliphatic heterocycles. The van der Waals surface area contributed by atoms with E-state index in [0.717, 1.165) is 31.4 Å². The third-order valence-corrected chi connectivity index (χ3v) is 3.48. The number of oxazole rings is 1. The van der Waals surface area contributed by atoms with Crippen LogP contribution in [0.5, 0.6) is 0 Å². The molecule has 4 heteroatoms. The molecule has 0 amide bonds. The third kappa shape index (κ3) is 1.69. The maximum Gasteiger partial charge on any atom is 0.420 e. The van der Waals surface area contributed by atoms with Crippen molar-refractivity contribution in [2.24, 2.45) is 0 Å². The normalized spacial score (nSPS) is 20.2. The molecule has 1 N–H and O–H groups in total. The molecule has 3 rings (SSSR count). The maximum absolute atomic E-state index is 11.9. The number of benzene rings is 1. The van der Waals surface area contributed by atoms with E-state index in [1.807, 2.05) is 12.1 Å². The molecule has 0 saturated carbocycles. The Morgan fingerprint density at radius 2 is 2.41 bits per heavy atom. The Balaban J connectivity index is 2.20. The van der Waals surface area contributed by atoms with Crippen LogP contribution in [0.2, 0.25) is 0 Å². The van der Waals surface area contributed by atoms with Gasteiger partial charge in [-0.2, -0.15) is 0 Å². The van der Waals surface area contributed by atoms with Gasteiger partial charge >= 0.3 is 5.76 Å². The summed E-state index contributed by atoms with van der Waals surface area (Å²) in [4.78, 5) is 11.9. The summed E-state index contributed by atoms with van der Waals surface area (Å²) in [6.07, 6.45) is 1.96. The number of aromatic nitrogens is 1. The van der Waals surface area contributed by atoms with Gasteiger partial charge in [-0.3, -0.25) is 4.57 Å². The van der Waals surface area contributed by atoms with Gasteiger partial charge in [-0.25, -0.2) is 4.79 Å². The van der Waals surface area contributed by atoms with Crippen molar-refractivity contribution in [3.63, 3.8) is 0 Å². The van der Waals surface area contributed by atoms with Crippen molar-refractivity contribution in [1.82, 2.24) is 9.88 Å². The van der Waals surface area contributed by atoms with Crippen molar-refractivity contribution >= 4 is 11.1 Å². The van der Waals surface area contributed by atoms with E-state index in [9.17, 15) is 4.79 Å². The standard InChI is InChI=1S/C13H16N2O2/c1-2-9-3-4-12-11(7-9)15(13(16)17-12)10-5-6-14-8-10/h3-4,7,10,14H,2,5-6,8H2,1H3. The van der Waals surface area contributed by atoms with Gasteiger partial charge in [-0.1, -0.05) is 13.0 Å². The fraction of sp³-hybridized carbons (Fsp3) is 0.462. The molecule has 2 aromatic rings. The first-order valence-electron chi connectivity index (χ1n) is 6.14. The number of aryl methyl sites for hydroxylation is 1. The number of nitrogens with one attached hydrogen (secondary N) is 1. The lowest BCUT2D eigenvalue weighted by atomic mass is 10.1. The maximum atomic E-state index is 11.9. The Hall–Kier alpha value is -1.55. The lowest BCUT2D eigenvalue weighted by molar-refractivity contribution is 0.459. The van der Waals surface area contributed by atoms with E-state index in [4.69, 9.17) is 4.42 Å². The Morgan fingerprint density at radius 3 is 3.12 bits per heavy atom. The fourth-order valence-electron chi connectivity index (χ4n) is 2.50. The first kappa shape index (κ1) is 10.6. The van der Waals surface area contributed by atoms with Crippen LogP contribution in [-0.4, -0.2) is 17.7 Å². The number of rotatable bonds is 2. The SMILES string of the molecule is CCc1ccc2oc(=O)n(C3CCNC3)c2c1. The molecule has 1 fully saturated rings. The monoisotopic (exact) mass is 232 g/mol. The molecule has 1 aliphatic rings. The van der Waals surface area contributed by atoms with Gasteiger partial charge in [-0.15, -0.1) is 0 Å². The summed E-state index contributed by atoms with van der Waals surface area (Å²) >= 11 is 0. The van der Waals surface area contributed by atoms with Crippen LogP contribution in [0.1, 0.15) is 24.9 Å². The molecule has 1 aromatic heterocycles. The molecule has 4 nitrogen and oxygen atoms in total. The van der Waals surface area contributed by atoms with Crippen LogP contribution in [0, 0.1) is 0 Å². The lowest BCUT2D eigenvalue weighted by Crippen LogP contribution is -2.22. The topological polar surface area (TPSA) is 47.2 Å². The molecule has 1 unspecified atom stereocenters. The minimum absolute atomic E-state index is 0.232. The first-order chi connectivity index (χ1) is 8.29. The van der Waals surface area contributed by atoms with Gasteiger partial charge in [-0.05, 0) is 37.1 Å². The van der Waals surface area contributed by atoms with Gasteiger partial charge < -0.3 is 9.73 Å². The van der Waals surface area contributed by atoms with Crippen molar-refractivity contribution in [2.75, 3.05) is 13.1 Å². The largest absolute Gasteiger partial charge is 0.420 e. The quantitative estimate of drug-likeness (QED) is 0.857. The summed E-state index contributed by atoms with van der Waals surface area (Å²) in [7, 11) is 0. The van der Waals surface area contributed by atoms with Crippen LogP contribution in [-0.2, 0) is 6.42 Å². The molecule has 1 atom stereocenters. The van der Waals surface area contributed by atoms with Gasteiger partial charge in [0.15, 0.2) is 5.58 Å². The molecule has 1 aromatic carbocycles. The summed E-state index contributed by atoms with van der Waals surface area (Å²) in [6, 6.07) is 6.21. The van der Waals surface area contributed by atoms with E-state index < -0.39 is 0 Å². The zero-order valence-electron chi connectivity index (χ0n) is 9.90. The third-order valence-electron chi connectivity index (χ3n) is 3.48. The summed E-state index contributed by atoms with van der Waals surface area (Å²) in [5, 5.41) is 3.28. The Morgan fingerprint density at radius 1 is 1.53 bits per heavy atom. The predicted octanol–water partition coefficient (Wildman–Crippen LogP) is 1.69. The summed E-state index contributed by atoms with van der Waals surface area (Å²) in [6.45, 7) is 3.93. The number of nitrogens with zero attached hydrogens (tertiary/aromatic N) is 1. The highest BCUT2D eigenvalue weighted by atomic mass is 16.4. The molecule has 90 valence electrons. The van der Waals surface area contributed by atoms with Gasteiger partial charge in [0.2, 0.25) is 0 Å². The van der Waals surface area contributed by atoms with Gasteiger partial charge in [0.1, 0.15) is 0 Å². The van der Waals surface area contributed by atoms with Crippen LogP contribution >= 0.6 is 0 Å². The predicted molar refractivity (Wildman–Crippen MR) is 66.4 cm³/mol. The fourth-order valence-corrected chi connectivity index (χ4v) is 2.50. The summed E-state index contributed by atoms with van der Waals surface area (Å²) in [5.74, 6) is -0.234. The second kappa shape index (κ2) is 4.04. The molecule has 0 bridgehead atoms. The minimum Gasteiger partial charge on any atom is -0.408 e. The number of hydrogen-bond acceptors (Lipinski definition) is 3. The molecule has 0 spiro atoms. The van der Waals surface area contributed by atoms with Crippen molar-refractivity contribution in [2.45, 2.75) is 25.8 Å². The van der Waals surface area contributed by atoms with Gasteiger partial charge in [0, 0.05) is 6.54 Å². The lowest BCUT2D eigenvalue weighted by Gasteiger charge is -2.09. The minimum atomic E-state index is -0.234. The first-order valence-corrected chi connectivity index (χ1v) is 6.14. The van der Waals surface area contributed by atoms with Crippen molar-refractivity contribution < 1.29 is 4.42 Å². The van der Waals surface area contributed by atoms with Crippen molar-refractivity contribution in [3.8, 4) is 0 Å². The van der Waals surface area contributed by atoms with Crippen LogP contribution in [0.15, 0.2) is 27.4 Å². The Kier molecular flexibility index (Phi) is 2.52. The Bertz CT molecular complexity index is 591. The van der Waals surface area contributed by atoms with E-state index in [-0.39, 0.29) is 11.8 Å². The average Bonchev–Trinajstić information content (AvgIpc) is 2.93. The number of fused-ring (bicyclic) bond motifs is 1. The van der Waals surface area contributed by atoms with E-state index in [1.165, 1.54) is 5.56 Å². The van der Waals surface area contributed by atoms with Crippen LogP contribution in [0.25, 0.3) is 11.1 Å². The highest BCUT2D eigenvalue weighted by Gasteiger charge is 2.22. The Labute approximate surface area is 99.2 Å². The van der Waals surface area contributed by atoms with E-state index in [1.54, 1.807) is 4.57 Å². The summed E-state index contributed by atoms with van der Waals surface area (Å²) in [5.41, 5.74) is 2.86. The molecular weight excluding hydrogens is 216 g/mol.